The quantitative estimate of drug-likeness (QED) is 0.659. The third-order valence-corrected chi connectivity index (χ3v) is 2.23. The molecule has 1 aliphatic heterocycles. The number of nitrogens with two attached hydrogens (primary N) is 1. The maximum atomic E-state index is 5.96. The lowest BCUT2D eigenvalue weighted by molar-refractivity contribution is 0.942. The minimum atomic E-state index is 0. The first-order valence-electron chi connectivity index (χ1n) is 4.37. The lowest BCUT2D eigenvalue weighted by Crippen LogP contribution is -2.23. The standard InChI is InChI=1S/C9H11ClN4.ClH/c10-7-2-1-6(11)5-8(7)14-9-12-3-4-13-9;/h1-2,5H,3-4,11H2,(H2,12,13,14);1H. The van der Waals surface area contributed by atoms with Crippen LogP contribution in [-0.4, -0.2) is 19.0 Å². The number of rotatable bonds is 1. The number of nitrogens with one attached hydrogen (secondary N) is 2. The largest absolute Gasteiger partial charge is 0.399 e. The van der Waals surface area contributed by atoms with E-state index in [1.165, 1.54) is 0 Å². The van der Waals surface area contributed by atoms with Gasteiger partial charge in [0, 0.05) is 18.8 Å². The summed E-state index contributed by atoms with van der Waals surface area (Å²) in [7, 11) is 0. The Kier molecular flexibility index (Phi) is 4.05. The maximum Gasteiger partial charge on any atom is 0.196 e. The van der Waals surface area contributed by atoms with Gasteiger partial charge in [0.2, 0.25) is 0 Å². The first-order valence-corrected chi connectivity index (χ1v) is 4.75. The summed E-state index contributed by atoms with van der Waals surface area (Å²) >= 11 is 5.96. The first kappa shape index (κ1) is 11.9. The molecule has 2 rings (SSSR count). The molecular formula is C9H12Cl2N4. The Morgan fingerprint density at radius 3 is 2.60 bits per heavy atom. The monoisotopic (exact) mass is 246 g/mol. The van der Waals surface area contributed by atoms with Crippen LogP contribution in [0.5, 0.6) is 0 Å². The van der Waals surface area contributed by atoms with Gasteiger partial charge in [-0.05, 0) is 18.2 Å². The molecule has 0 aliphatic carbocycles. The molecule has 4 nitrogen and oxygen atoms in total. The Morgan fingerprint density at radius 1 is 1.27 bits per heavy atom. The molecule has 0 radical (unpaired) electrons. The Labute approximate surface area is 99.3 Å². The van der Waals surface area contributed by atoms with Crippen molar-refractivity contribution in [2.75, 3.05) is 18.8 Å². The van der Waals surface area contributed by atoms with E-state index in [9.17, 15) is 0 Å². The van der Waals surface area contributed by atoms with Gasteiger partial charge in [0.1, 0.15) is 0 Å². The molecule has 1 aliphatic rings. The fourth-order valence-electron chi connectivity index (χ4n) is 1.24. The number of halogens is 2. The van der Waals surface area contributed by atoms with Crippen LogP contribution in [0.25, 0.3) is 0 Å². The summed E-state index contributed by atoms with van der Waals surface area (Å²) in [6.07, 6.45) is 0. The molecule has 0 atom stereocenters. The summed E-state index contributed by atoms with van der Waals surface area (Å²) in [5.41, 5.74) is 6.98. The Balaban J connectivity index is 0.00000112. The molecule has 1 heterocycles. The van der Waals surface area contributed by atoms with E-state index in [2.05, 4.69) is 15.6 Å². The molecule has 0 spiro atoms. The van der Waals surface area contributed by atoms with E-state index >= 15 is 0 Å². The second kappa shape index (κ2) is 5.09. The number of hydrogen-bond donors (Lipinski definition) is 3. The highest BCUT2D eigenvalue weighted by molar-refractivity contribution is 6.33. The third-order valence-electron chi connectivity index (χ3n) is 1.91. The molecule has 4 N–H and O–H groups in total. The Morgan fingerprint density at radius 2 is 1.93 bits per heavy atom. The van der Waals surface area contributed by atoms with Crippen LogP contribution in [0.2, 0.25) is 5.02 Å². The highest BCUT2D eigenvalue weighted by atomic mass is 35.5. The Hall–Kier alpha value is -1.13. The van der Waals surface area contributed by atoms with Gasteiger partial charge in [0.15, 0.2) is 5.96 Å². The summed E-state index contributed by atoms with van der Waals surface area (Å²) in [4.78, 5) is 4.30. The van der Waals surface area contributed by atoms with Crippen LogP contribution >= 0.6 is 24.0 Å². The molecule has 0 aromatic heterocycles. The molecule has 1 aromatic rings. The summed E-state index contributed by atoms with van der Waals surface area (Å²) in [5.74, 6) is 0.748. The van der Waals surface area contributed by atoms with E-state index in [1.54, 1.807) is 18.2 Å². The van der Waals surface area contributed by atoms with Crippen LogP contribution in [0.4, 0.5) is 11.4 Å². The van der Waals surface area contributed by atoms with Crippen molar-refractivity contribution in [3.8, 4) is 0 Å². The number of nitrogens with zero attached hydrogens (tertiary/aromatic N) is 1. The molecule has 15 heavy (non-hydrogen) atoms. The second-order valence-corrected chi connectivity index (χ2v) is 3.43. The maximum absolute atomic E-state index is 5.96. The highest BCUT2D eigenvalue weighted by Gasteiger charge is 2.06. The van der Waals surface area contributed by atoms with Gasteiger partial charge in [-0.15, -0.1) is 12.4 Å². The lowest BCUT2D eigenvalue weighted by atomic mass is 10.3. The zero-order valence-corrected chi connectivity index (χ0v) is 9.53. The van der Waals surface area contributed by atoms with Gasteiger partial charge in [-0.2, -0.15) is 0 Å². The molecule has 0 unspecified atom stereocenters. The van der Waals surface area contributed by atoms with Crippen molar-refractivity contribution >= 4 is 41.3 Å². The summed E-state index contributed by atoms with van der Waals surface area (Å²) in [6.45, 7) is 1.78. The molecule has 82 valence electrons. The fourth-order valence-corrected chi connectivity index (χ4v) is 1.40. The fraction of sp³-hybridized carbons (Fsp3) is 0.222. The molecule has 1 fully saturated rings. The van der Waals surface area contributed by atoms with E-state index in [-0.39, 0.29) is 12.4 Å². The van der Waals surface area contributed by atoms with Crippen molar-refractivity contribution in [1.29, 1.82) is 0 Å². The van der Waals surface area contributed by atoms with Crippen LogP contribution < -0.4 is 16.4 Å². The first-order chi connectivity index (χ1) is 6.75. The van der Waals surface area contributed by atoms with Crippen molar-refractivity contribution in [3.63, 3.8) is 0 Å². The van der Waals surface area contributed by atoms with Crippen molar-refractivity contribution in [2.24, 2.45) is 4.99 Å². The van der Waals surface area contributed by atoms with Gasteiger partial charge in [0.05, 0.1) is 10.7 Å². The minimum absolute atomic E-state index is 0. The van der Waals surface area contributed by atoms with Gasteiger partial charge in [0.25, 0.3) is 0 Å². The number of nitrogen functional groups attached to an aromatic ring is 1. The number of anilines is 1. The predicted octanol–water partition coefficient (Wildman–Crippen LogP) is 1.52. The SMILES string of the molecule is Cl.Nc1ccc(Cl)c(N=C2NCCN2)c1. The zero-order valence-electron chi connectivity index (χ0n) is 7.96. The molecule has 1 aromatic carbocycles. The van der Waals surface area contributed by atoms with Crippen LogP contribution in [0, 0.1) is 0 Å². The van der Waals surface area contributed by atoms with E-state index in [4.69, 9.17) is 17.3 Å². The van der Waals surface area contributed by atoms with E-state index in [0.29, 0.717) is 16.4 Å². The van der Waals surface area contributed by atoms with Crippen LogP contribution in [0.3, 0.4) is 0 Å². The summed E-state index contributed by atoms with van der Waals surface area (Å²) in [5, 5.41) is 6.78. The molecule has 0 bridgehead atoms. The molecule has 0 saturated carbocycles. The van der Waals surface area contributed by atoms with E-state index in [0.717, 1.165) is 19.0 Å². The summed E-state index contributed by atoms with van der Waals surface area (Å²) in [6, 6.07) is 5.24. The molecule has 6 heteroatoms. The van der Waals surface area contributed by atoms with Gasteiger partial charge in [-0.25, -0.2) is 4.99 Å². The minimum Gasteiger partial charge on any atom is -0.399 e. The van der Waals surface area contributed by atoms with Crippen LogP contribution in [-0.2, 0) is 0 Å². The van der Waals surface area contributed by atoms with Crippen molar-refractivity contribution in [2.45, 2.75) is 0 Å². The molecule has 0 amide bonds. The predicted molar refractivity (Wildman–Crippen MR) is 66.2 cm³/mol. The van der Waals surface area contributed by atoms with Gasteiger partial charge >= 0.3 is 0 Å². The van der Waals surface area contributed by atoms with Crippen LogP contribution in [0.15, 0.2) is 23.2 Å². The number of benzene rings is 1. The van der Waals surface area contributed by atoms with Crippen molar-refractivity contribution < 1.29 is 0 Å². The number of guanidine groups is 1. The second-order valence-electron chi connectivity index (χ2n) is 3.02. The zero-order chi connectivity index (χ0) is 9.97. The normalized spacial score (nSPS) is 13.8. The van der Waals surface area contributed by atoms with Crippen LogP contribution in [0.1, 0.15) is 0 Å². The number of hydrogen-bond acceptors (Lipinski definition) is 2. The van der Waals surface area contributed by atoms with Gasteiger partial charge in [-0.3, -0.25) is 0 Å². The average Bonchev–Trinajstić information content (AvgIpc) is 2.64. The third kappa shape index (κ3) is 2.91. The highest BCUT2D eigenvalue weighted by Crippen LogP contribution is 2.26. The van der Waals surface area contributed by atoms with E-state index in [1.807, 2.05) is 0 Å². The Bertz CT molecular complexity index is 370. The van der Waals surface area contributed by atoms with Crippen molar-refractivity contribution in [1.82, 2.24) is 10.6 Å². The van der Waals surface area contributed by atoms with Gasteiger partial charge in [-0.1, -0.05) is 11.6 Å². The number of aliphatic imine (C=N–C) groups is 1. The smallest absolute Gasteiger partial charge is 0.196 e. The van der Waals surface area contributed by atoms with E-state index < -0.39 is 0 Å². The van der Waals surface area contributed by atoms with Gasteiger partial charge < -0.3 is 16.4 Å². The molecular weight excluding hydrogens is 235 g/mol. The molecule has 1 saturated heterocycles. The topological polar surface area (TPSA) is 62.4 Å². The average molecular weight is 247 g/mol. The summed E-state index contributed by atoms with van der Waals surface area (Å²) < 4.78 is 0. The van der Waals surface area contributed by atoms with Crippen molar-refractivity contribution in [3.05, 3.63) is 23.2 Å². The lowest BCUT2D eigenvalue weighted by Gasteiger charge is -2.02.